The maximum Gasteiger partial charge on any atom is 0.162 e. The summed E-state index contributed by atoms with van der Waals surface area (Å²) in [4.78, 5) is 4.35. The Morgan fingerprint density at radius 3 is 3.00 bits per heavy atom. The van der Waals surface area contributed by atoms with E-state index in [1.54, 1.807) is 0 Å². The lowest BCUT2D eigenvalue weighted by molar-refractivity contribution is 0.298. The summed E-state index contributed by atoms with van der Waals surface area (Å²) in [6.45, 7) is 2.05. The van der Waals surface area contributed by atoms with Crippen molar-refractivity contribution < 1.29 is 9.52 Å². The first-order chi connectivity index (χ1) is 6.79. The molecule has 4 heteroatoms. The van der Waals surface area contributed by atoms with E-state index < -0.39 is 0 Å². The van der Waals surface area contributed by atoms with Gasteiger partial charge >= 0.3 is 0 Å². The van der Waals surface area contributed by atoms with Crippen molar-refractivity contribution >= 4 is 11.3 Å². The van der Waals surface area contributed by atoms with E-state index in [0.717, 1.165) is 22.2 Å². The first kappa shape index (κ1) is 9.43. The average Bonchev–Trinajstić information content (AvgIpc) is 2.74. The van der Waals surface area contributed by atoms with Crippen LogP contribution in [0.4, 0.5) is 0 Å². The van der Waals surface area contributed by atoms with Crippen molar-refractivity contribution in [2.24, 2.45) is 0 Å². The van der Waals surface area contributed by atoms with Gasteiger partial charge in [0.1, 0.15) is 5.76 Å². The predicted octanol–water partition coefficient (Wildman–Crippen LogP) is 2.25. The summed E-state index contributed by atoms with van der Waals surface area (Å²) in [5.74, 6) is 1.69. The normalized spacial score (nSPS) is 10.7. The van der Waals surface area contributed by atoms with Crippen LogP contribution in [0.5, 0.6) is 0 Å². The second-order valence-electron chi connectivity index (χ2n) is 3.03. The molecule has 0 unspecified atom stereocenters. The van der Waals surface area contributed by atoms with E-state index in [-0.39, 0.29) is 6.61 Å². The van der Waals surface area contributed by atoms with Crippen molar-refractivity contribution in [3.05, 3.63) is 29.0 Å². The smallest absolute Gasteiger partial charge is 0.162 e. The van der Waals surface area contributed by atoms with Crippen molar-refractivity contribution in [3.8, 4) is 10.8 Å². The van der Waals surface area contributed by atoms with Crippen molar-refractivity contribution in [1.82, 2.24) is 4.98 Å². The Morgan fingerprint density at radius 2 is 2.36 bits per heavy atom. The number of aliphatic hydroxyl groups is 1. The van der Waals surface area contributed by atoms with Gasteiger partial charge in [0.25, 0.3) is 0 Å². The fourth-order valence-corrected chi connectivity index (χ4v) is 2.01. The number of aliphatic hydroxyl groups excluding tert-OH is 1. The number of aromatic nitrogens is 1. The molecule has 0 spiro atoms. The Morgan fingerprint density at radius 1 is 1.50 bits per heavy atom. The number of furan rings is 1. The van der Waals surface area contributed by atoms with Gasteiger partial charge in [-0.3, -0.25) is 0 Å². The Labute approximate surface area is 86.0 Å². The standard InChI is InChI=1S/C10H11NO2S/c1-7-2-3-9(13-7)10-11-8(4-5-12)6-14-10/h2-3,6,12H,4-5H2,1H3. The van der Waals surface area contributed by atoms with E-state index in [4.69, 9.17) is 9.52 Å². The molecule has 2 aromatic rings. The van der Waals surface area contributed by atoms with Crippen LogP contribution in [0.25, 0.3) is 10.8 Å². The zero-order valence-corrected chi connectivity index (χ0v) is 8.67. The Kier molecular flexibility index (Phi) is 2.65. The first-order valence-electron chi connectivity index (χ1n) is 4.41. The molecule has 3 nitrogen and oxygen atoms in total. The van der Waals surface area contributed by atoms with Gasteiger partial charge in [-0.15, -0.1) is 11.3 Å². The van der Waals surface area contributed by atoms with Crippen LogP contribution >= 0.6 is 11.3 Å². The molecule has 0 aliphatic carbocycles. The van der Waals surface area contributed by atoms with E-state index in [2.05, 4.69) is 4.98 Å². The van der Waals surface area contributed by atoms with Crippen molar-refractivity contribution in [3.63, 3.8) is 0 Å². The molecule has 74 valence electrons. The van der Waals surface area contributed by atoms with Crippen LogP contribution in [0.3, 0.4) is 0 Å². The van der Waals surface area contributed by atoms with Crippen molar-refractivity contribution in [1.29, 1.82) is 0 Å². The third-order valence-corrected chi connectivity index (χ3v) is 2.78. The highest BCUT2D eigenvalue weighted by Crippen LogP contribution is 2.25. The molecule has 1 N–H and O–H groups in total. The summed E-state index contributed by atoms with van der Waals surface area (Å²) in [5, 5.41) is 11.6. The van der Waals surface area contributed by atoms with Crippen LogP contribution in [0.2, 0.25) is 0 Å². The van der Waals surface area contributed by atoms with Crippen molar-refractivity contribution in [2.75, 3.05) is 6.61 Å². The SMILES string of the molecule is Cc1ccc(-c2nc(CCO)cs2)o1. The molecule has 14 heavy (non-hydrogen) atoms. The number of nitrogens with zero attached hydrogens (tertiary/aromatic N) is 1. The highest BCUT2D eigenvalue weighted by molar-refractivity contribution is 7.13. The molecule has 0 fully saturated rings. The molecule has 2 rings (SSSR count). The maximum atomic E-state index is 8.74. The second-order valence-corrected chi connectivity index (χ2v) is 3.89. The summed E-state index contributed by atoms with van der Waals surface area (Å²) in [7, 11) is 0. The topological polar surface area (TPSA) is 46.3 Å². The van der Waals surface area contributed by atoms with E-state index in [1.807, 2.05) is 24.4 Å². The Balaban J connectivity index is 2.24. The van der Waals surface area contributed by atoms with E-state index in [1.165, 1.54) is 11.3 Å². The van der Waals surface area contributed by atoms with Gasteiger partial charge in [-0.25, -0.2) is 4.98 Å². The summed E-state index contributed by atoms with van der Waals surface area (Å²) >= 11 is 1.54. The van der Waals surface area contributed by atoms with Gasteiger partial charge in [0.05, 0.1) is 5.69 Å². The fourth-order valence-electron chi connectivity index (χ4n) is 1.20. The van der Waals surface area contributed by atoms with Crippen LogP contribution in [-0.4, -0.2) is 16.7 Å². The fraction of sp³-hybridized carbons (Fsp3) is 0.300. The van der Waals surface area contributed by atoms with Crippen LogP contribution in [0.15, 0.2) is 21.9 Å². The molecule has 0 amide bonds. The number of thiazole rings is 1. The Hall–Kier alpha value is -1.13. The number of rotatable bonds is 3. The summed E-state index contributed by atoms with van der Waals surface area (Å²) < 4.78 is 5.45. The summed E-state index contributed by atoms with van der Waals surface area (Å²) in [6.07, 6.45) is 0.607. The van der Waals surface area contributed by atoms with Gasteiger partial charge in [0.15, 0.2) is 10.8 Å². The van der Waals surface area contributed by atoms with E-state index in [9.17, 15) is 0 Å². The molecule has 2 heterocycles. The molecular formula is C10H11NO2S. The minimum Gasteiger partial charge on any atom is -0.459 e. The monoisotopic (exact) mass is 209 g/mol. The lowest BCUT2D eigenvalue weighted by Gasteiger charge is -1.89. The Bertz CT molecular complexity index is 419. The third kappa shape index (κ3) is 1.86. The molecule has 2 aromatic heterocycles. The zero-order valence-electron chi connectivity index (χ0n) is 7.86. The van der Waals surface area contributed by atoms with Gasteiger partial charge in [-0.1, -0.05) is 0 Å². The zero-order chi connectivity index (χ0) is 9.97. The largest absolute Gasteiger partial charge is 0.459 e. The molecule has 0 radical (unpaired) electrons. The lowest BCUT2D eigenvalue weighted by atomic mass is 10.3. The van der Waals surface area contributed by atoms with Crippen LogP contribution in [0.1, 0.15) is 11.5 Å². The summed E-state index contributed by atoms with van der Waals surface area (Å²) in [6, 6.07) is 3.83. The van der Waals surface area contributed by atoms with Crippen molar-refractivity contribution in [2.45, 2.75) is 13.3 Å². The molecular weight excluding hydrogens is 198 g/mol. The van der Waals surface area contributed by atoms with Gasteiger partial charge in [-0.2, -0.15) is 0 Å². The molecule has 0 aliphatic rings. The summed E-state index contributed by atoms with van der Waals surface area (Å²) in [5.41, 5.74) is 0.918. The molecule has 0 bridgehead atoms. The van der Waals surface area contributed by atoms with Gasteiger partial charge in [-0.05, 0) is 19.1 Å². The maximum absolute atomic E-state index is 8.74. The number of aryl methyl sites for hydroxylation is 1. The van der Waals surface area contributed by atoms with Gasteiger partial charge in [0.2, 0.25) is 0 Å². The molecule has 0 aromatic carbocycles. The highest BCUT2D eigenvalue weighted by Gasteiger charge is 2.07. The minimum atomic E-state index is 0.139. The van der Waals surface area contributed by atoms with E-state index >= 15 is 0 Å². The minimum absolute atomic E-state index is 0.139. The highest BCUT2D eigenvalue weighted by atomic mass is 32.1. The quantitative estimate of drug-likeness (QED) is 0.843. The average molecular weight is 209 g/mol. The first-order valence-corrected chi connectivity index (χ1v) is 5.29. The molecule has 0 saturated heterocycles. The third-order valence-electron chi connectivity index (χ3n) is 1.87. The predicted molar refractivity (Wildman–Crippen MR) is 55.3 cm³/mol. The number of hydrogen-bond acceptors (Lipinski definition) is 4. The molecule has 0 aliphatic heterocycles. The van der Waals surface area contributed by atoms with Gasteiger partial charge < -0.3 is 9.52 Å². The van der Waals surface area contributed by atoms with Crippen LogP contribution in [0, 0.1) is 6.92 Å². The molecule has 0 atom stereocenters. The van der Waals surface area contributed by atoms with Crippen LogP contribution < -0.4 is 0 Å². The van der Waals surface area contributed by atoms with Gasteiger partial charge in [0, 0.05) is 18.4 Å². The number of hydrogen-bond donors (Lipinski definition) is 1. The molecule has 0 saturated carbocycles. The van der Waals surface area contributed by atoms with Crippen LogP contribution in [-0.2, 0) is 6.42 Å². The van der Waals surface area contributed by atoms with E-state index in [0.29, 0.717) is 6.42 Å². The lowest BCUT2D eigenvalue weighted by Crippen LogP contribution is -1.89. The second kappa shape index (κ2) is 3.94.